The van der Waals surface area contributed by atoms with E-state index in [1.54, 1.807) is 0 Å². The van der Waals surface area contributed by atoms with Crippen molar-refractivity contribution >= 4 is 12.2 Å². The van der Waals surface area contributed by atoms with Gasteiger partial charge in [-0.1, -0.05) is 19.3 Å². The second-order valence-electron chi connectivity index (χ2n) is 4.65. The van der Waals surface area contributed by atoms with Gasteiger partial charge in [0.05, 0.1) is 5.69 Å². The maximum atomic E-state index is 5.51. The Balaban J connectivity index is 2.06. The lowest BCUT2D eigenvalue weighted by Gasteiger charge is -2.32. The molecular weight excluding hydrogens is 194 g/mol. The van der Waals surface area contributed by atoms with E-state index in [4.69, 9.17) is 16.6 Å². The van der Waals surface area contributed by atoms with E-state index in [0.717, 1.165) is 12.2 Å². The van der Waals surface area contributed by atoms with Gasteiger partial charge in [0.1, 0.15) is 5.76 Å². The summed E-state index contributed by atoms with van der Waals surface area (Å²) < 4.78 is 5.51. The van der Waals surface area contributed by atoms with Crippen LogP contribution < -0.4 is 0 Å². The molecule has 1 saturated carbocycles. The Hall–Kier alpha value is -0.570. The van der Waals surface area contributed by atoms with Crippen molar-refractivity contribution in [3.05, 3.63) is 16.3 Å². The molecule has 76 valence electrons. The highest BCUT2D eigenvalue weighted by molar-refractivity contribution is 7.71. The summed E-state index contributed by atoms with van der Waals surface area (Å²) in [7, 11) is 0. The van der Waals surface area contributed by atoms with Crippen LogP contribution >= 0.6 is 12.2 Å². The molecule has 3 heteroatoms. The van der Waals surface area contributed by atoms with Crippen molar-refractivity contribution in [1.29, 1.82) is 0 Å². The zero-order valence-electron chi connectivity index (χ0n) is 8.27. The molecule has 1 aromatic rings. The monoisotopic (exact) mass is 209 g/mol. The molecule has 1 spiro atoms. The van der Waals surface area contributed by atoms with Gasteiger partial charge in [0.25, 0.3) is 4.84 Å². The van der Waals surface area contributed by atoms with Gasteiger partial charge in [-0.25, -0.2) is 0 Å². The molecule has 1 N–H and O–H groups in total. The van der Waals surface area contributed by atoms with Gasteiger partial charge in [0, 0.05) is 11.8 Å². The third-order valence-corrected chi connectivity index (χ3v) is 4.08. The summed E-state index contributed by atoms with van der Waals surface area (Å²) >= 11 is 5.05. The summed E-state index contributed by atoms with van der Waals surface area (Å²) in [6.45, 7) is 0. The molecule has 1 heterocycles. The van der Waals surface area contributed by atoms with Gasteiger partial charge in [-0.05, 0) is 31.5 Å². The summed E-state index contributed by atoms with van der Waals surface area (Å²) in [4.78, 5) is 3.83. The summed E-state index contributed by atoms with van der Waals surface area (Å²) in [5.41, 5.74) is 1.75. The quantitative estimate of drug-likeness (QED) is 0.663. The van der Waals surface area contributed by atoms with E-state index in [1.807, 2.05) is 0 Å². The van der Waals surface area contributed by atoms with Crippen molar-refractivity contribution in [2.24, 2.45) is 0 Å². The van der Waals surface area contributed by atoms with E-state index in [2.05, 4.69) is 4.98 Å². The molecule has 14 heavy (non-hydrogen) atoms. The van der Waals surface area contributed by atoms with Crippen molar-refractivity contribution in [3.8, 4) is 0 Å². The number of hydrogen-bond acceptors (Lipinski definition) is 2. The van der Waals surface area contributed by atoms with Crippen LogP contribution in [0.3, 0.4) is 0 Å². The molecule has 3 rings (SSSR count). The predicted octanol–water partition coefficient (Wildman–Crippen LogP) is 3.49. The first-order valence-electron chi connectivity index (χ1n) is 5.53. The van der Waals surface area contributed by atoms with Gasteiger partial charge < -0.3 is 9.40 Å². The minimum Gasteiger partial charge on any atom is -0.434 e. The van der Waals surface area contributed by atoms with Crippen molar-refractivity contribution in [2.45, 2.75) is 50.4 Å². The van der Waals surface area contributed by atoms with Crippen LogP contribution in [0.4, 0.5) is 0 Å². The average molecular weight is 209 g/mol. The third-order valence-electron chi connectivity index (χ3n) is 3.89. The highest BCUT2D eigenvalue weighted by Crippen LogP contribution is 2.48. The molecule has 0 aliphatic heterocycles. The van der Waals surface area contributed by atoms with Gasteiger partial charge in [-0.15, -0.1) is 0 Å². The van der Waals surface area contributed by atoms with Crippen LogP contribution in [0.1, 0.15) is 50.0 Å². The molecule has 0 saturated heterocycles. The summed E-state index contributed by atoms with van der Waals surface area (Å²) in [6.07, 6.45) is 9.14. The number of hydrogen-bond donors (Lipinski definition) is 1. The van der Waals surface area contributed by atoms with Gasteiger partial charge in [0.2, 0.25) is 0 Å². The Morgan fingerprint density at radius 3 is 2.71 bits per heavy atom. The zero-order chi connectivity index (χ0) is 9.60. The normalized spacial score (nSPS) is 24.0. The SMILES string of the molecule is S=c1[nH]c2c(o1)CCC21CCCCC1. The molecule has 0 unspecified atom stereocenters. The van der Waals surface area contributed by atoms with Crippen molar-refractivity contribution < 1.29 is 4.42 Å². The van der Waals surface area contributed by atoms with Crippen LogP contribution in [0, 0.1) is 4.84 Å². The topological polar surface area (TPSA) is 28.9 Å². The van der Waals surface area contributed by atoms with Crippen LogP contribution in [-0.4, -0.2) is 4.98 Å². The highest BCUT2D eigenvalue weighted by atomic mass is 32.1. The fraction of sp³-hybridized carbons (Fsp3) is 0.727. The molecule has 2 aliphatic carbocycles. The molecule has 1 aromatic heterocycles. The lowest BCUT2D eigenvalue weighted by molar-refractivity contribution is 0.285. The summed E-state index contributed by atoms with van der Waals surface area (Å²) in [6, 6.07) is 0. The van der Waals surface area contributed by atoms with Gasteiger partial charge >= 0.3 is 0 Å². The Morgan fingerprint density at radius 2 is 1.93 bits per heavy atom. The largest absolute Gasteiger partial charge is 0.434 e. The fourth-order valence-corrected chi connectivity index (χ4v) is 3.37. The number of aromatic amines is 1. The molecule has 2 aliphatic rings. The molecule has 2 nitrogen and oxygen atoms in total. The van der Waals surface area contributed by atoms with Crippen molar-refractivity contribution in [3.63, 3.8) is 0 Å². The van der Waals surface area contributed by atoms with Gasteiger partial charge in [-0.2, -0.15) is 0 Å². The second-order valence-corrected chi connectivity index (χ2v) is 5.02. The lowest BCUT2D eigenvalue weighted by Crippen LogP contribution is -2.26. The number of fused-ring (bicyclic) bond motifs is 2. The summed E-state index contributed by atoms with van der Waals surface area (Å²) in [5.74, 6) is 1.14. The van der Waals surface area contributed by atoms with Crippen LogP contribution in [0.15, 0.2) is 4.42 Å². The average Bonchev–Trinajstić information content (AvgIpc) is 2.70. The van der Waals surface area contributed by atoms with E-state index in [9.17, 15) is 0 Å². The van der Waals surface area contributed by atoms with Crippen LogP contribution in [0.2, 0.25) is 0 Å². The third kappa shape index (κ3) is 1.11. The molecule has 0 bridgehead atoms. The maximum Gasteiger partial charge on any atom is 0.266 e. The number of H-pyrrole nitrogens is 1. The first-order valence-corrected chi connectivity index (χ1v) is 5.93. The fourth-order valence-electron chi connectivity index (χ4n) is 3.17. The Kier molecular flexibility index (Phi) is 1.84. The molecular formula is C11H15NOS. The number of aromatic nitrogens is 1. The number of aryl methyl sites for hydroxylation is 1. The van der Waals surface area contributed by atoms with Crippen LogP contribution in [-0.2, 0) is 11.8 Å². The second kappa shape index (κ2) is 2.96. The standard InChI is InChI=1S/C11H15NOS/c14-10-12-9-8(13-10)4-7-11(9)5-2-1-3-6-11/h1-7H2,(H,12,14). The zero-order valence-corrected chi connectivity index (χ0v) is 9.08. The van der Waals surface area contributed by atoms with Gasteiger partial charge in [-0.3, -0.25) is 0 Å². The summed E-state index contributed by atoms with van der Waals surface area (Å²) in [5, 5.41) is 0. The van der Waals surface area contributed by atoms with E-state index in [1.165, 1.54) is 44.2 Å². The first-order chi connectivity index (χ1) is 6.80. The van der Waals surface area contributed by atoms with Crippen molar-refractivity contribution in [2.75, 3.05) is 0 Å². The lowest BCUT2D eigenvalue weighted by atomic mass is 9.72. The van der Waals surface area contributed by atoms with E-state index in [-0.39, 0.29) is 0 Å². The van der Waals surface area contributed by atoms with Crippen LogP contribution in [0.5, 0.6) is 0 Å². The smallest absolute Gasteiger partial charge is 0.266 e. The predicted molar refractivity (Wildman–Crippen MR) is 57.0 cm³/mol. The van der Waals surface area contributed by atoms with Crippen LogP contribution in [0.25, 0.3) is 0 Å². The van der Waals surface area contributed by atoms with E-state index >= 15 is 0 Å². The number of nitrogens with one attached hydrogen (secondary N) is 1. The highest BCUT2D eigenvalue weighted by Gasteiger charge is 2.42. The minimum absolute atomic E-state index is 0.411. The molecule has 0 aromatic carbocycles. The van der Waals surface area contributed by atoms with E-state index in [0.29, 0.717) is 10.3 Å². The molecule has 0 radical (unpaired) electrons. The van der Waals surface area contributed by atoms with E-state index < -0.39 is 0 Å². The molecule has 0 atom stereocenters. The molecule has 1 fully saturated rings. The number of oxazole rings is 1. The Bertz CT molecular complexity index is 398. The van der Waals surface area contributed by atoms with Crippen molar-refractivity contribution in [1.82, 2.24) is 4.98 Å². The van der Waals surface area contributed by atoms with Gasteiger partial charge in [0.15, 0.2) is 0 Å². The maximum absolute atomic E-state index is 5.51. The Morgan fingerprint density at radius 1 is 1.14 bits per heavy atom. The Labute approximate surface area is 88.7 Å². The molecule has 0 amide bonds. The minimum atomic E-state index is 0.411. The first kappa shape index (κ1) is 8.72. The number of rotatable bonds is 0.